The molecule has 1 aromatic heterocycles. The van der Waals surface area contributed by atoms with Crippen LogP contribution in [0.3, 0.4) is 0 Å². The van der Waals surface area contributed by atoms with E-state index in [1.807, 2.05) is 42.2 Å². The molecule has 7 heteroatoms. The van der Waals surface area contributed by atoms with Crippen molar-refractivity contribution in [2.24, 2.45) is 4.99 Å². The molecule has 0 radical (unpaired) electrons. The first-order valence-electron chi connectivity index (χ1n) is 7.72. The largest absolute Gasteiger partial charge is 0.383 e. The molecule has 24 heavy (non-hydrogen) atoms. The van der Waals surface area contributed by atoms with Gasteiger partial charge in [-0.3, -0.25) is 9.67 Å². The van der Waals surface area contributed by atoms with Gasteiger partial charge in [-0.1, -0.05) is 30.3 Å². The summed E-state index contributed by atoms with van der Waals surface area (Å²) in [5.41, 5.74) is 2.35. The quantitative estimate of drug-likeness (QED) is 0.392. The minimum absolute atomic E-state index is 0. The number of benzene rings is 1. The van der Waals surface area contributed by atoms with E-state index in [9.17, 15) is 0 Å². The van der Waals surface area contributed by atoms with E-state index >= 15 is 0 Å². The SMILES string of the molecule is CN=C(NCc1cnn(Cc2ccccc2)c1)NC(C)COC.I. The van der Waals surface area contributed by atoms with Crippen LogP contribution in [0.25, 0.3) is 0 Å². The number of hydrogen-bond donors (Lipinski definition) is 2. The zero-order valence-corrected chi connectivity index (χ0v) is 16.7. The lowest BCUT2D eigenvalue weighted by Crippen LogP contribution is -2.43. The Morgan fingerprint density at radius 1 is 1.29 bits per heavy atom. The Balaban J connectivity index is 0.00000288. The van der Waals surface area contributed by atoms with Crippen molar-refractivity contribution in [2.45, 2.75) is 26.1 Å². The molecular weight excluding hydrogens is 417 g/mol. The monoisotopic (exact) mass is 443 g/mol. The van der Waals surface area contributed by atoms with E-state index in [4.69, 9.17) is 4.74 Å². The van der Waals surface area contributed by atoms with Crippen molar-refractivity contribution in [1.82, 2.24) is 20.4 Å². The first-order valence-corrected chi connectivity index (χ1v) is 7.72. The first kappa shape index (κ1) is 20.4. The van der Waals surface area contributed by atoms with Gasteiger partial charge in [-0.25, -0.2) is 0 Å². The lowest BCUT2D eigenvalue weighted by atomic mass is 10.2. The predicted octanol–water partition coefficient (Wildman–Crippen LogP) is 2.25. The van der Waals surface area contributed by atoms with Crippen molar-refractivity contribution in [2.75, 3.05) is 20.8 Å². The summed E-state index contributed by atoms with van der Waals surface area (Å²) >= 11 is 0. The fraction of sp³-hybridized carbons (Fsp3) is 0.412. The van der Waals surface area contributed by atoms with Crippen LogP contribution >= 0.6 is 24.0 Å². The van der Waals surface area contributed by atoms with Crippen LogP contribution in [0.2, 0.25) is 0 Å². The van der Waals surface area contributed by atoms with Crippen molar-refractivity contribution < 1.29 is 4.74 Å². The third kappa shape index (κ3) is 6.88. The maximum atomic E-state index is 5.11. The van der Waals surface area contributed by atoms with Gasteiger partial charge in [-0.15, -0.1) is 24.0 Å². The summed E-state index contributed by atoms with van der Waals surface area (Å²) in [4.78, 5) is 4.21. The molecule has 0 bridgehead atoms. The number of ether oxygens (including phenoxy) is 1. The third-order valence-electron chi connectivity index (χ3n) is 3.36. The van der Waals surface area contributed by atoms with Crippen LogP contribution in [0.5, 0.6) is 0 Å². The number of aliphatic imine (C=N–C) groups is 1. The average molecular weight is 443 g/mol. The first-order chi connectivity index (χ1) is 11.2. The molecule has 6 nitrogen and oxygen atoms in total. The van der Waals surface area contributed by atoms with Crippen LogP contribution in [0.15, 0.2) is 47.7 Å². The topological polar surface area (TPSA) is 63.5 Å². The van der Waals surface area contributed by atoms with Crippen molar-refractivity contribution in [3.05, 3.63) is 53.9 Å². The van der Waals surface area contributed by atoms with Gasteiger partial charge in [0.05, 0.1) is 19.3 Å². The molecule has 0 aliphatic heterocycles. The summed E-state index contributed by atoms with van der Waals surface area (Å²) in [6, 6.07) is 10.5. The Labute approximate surface area is 160 Å². The molecule has 1 atom stereocenters. The lowest BCUT2D eigenvalue weighted by molar-refractivity contribution is 0.179. The van der Waals surface area contributed by atoms with Crippen molar-refractivity contribution in [1.29, 1.82) is 0 Å². The highest BCUT2D eigenvalue weighted by Crippen LogP contribution is 2.03. The summed E-state index contributed by atoms with van der Waals surface area (Å²) in [6.07, 6.45) is 3.92. The molecule has 0 aliphatic carbocycles. The second-order valence-electron chi connectivity index (χ2n) is 5.46. The van der Waals surface area contributed by atoms with Gasteiger partial charge in [-0.05, 0) is 12.5 Å². The maximum Gasteiger partial charge on any atom is 0.191 e. The summed E-state index contributed by atoms with van der Waals surface area (Å²) in [6.45, 7) is 4.14. The molecule has 0 amide bonds. The number of rotatable bonds is 7. The number of hydrogen-bond acceptors (Lipinski definition) is 3. The van der Waals surface area contributed by atoms with Gasteiger partial charge in [0, 0.05) is 38.5 Å². The molecule has 0 spiro atoms. The smallest absolute Gasteiger partial charge is 0.191 e. The Kier molecular flexibility index (Phi) is 9.39. The summed E-state index contributed by atoms with van der Waals surface area (Å²) in [5.74, 6) is 0.755. The van der Waals surface area contributed by atoms with Gasteiger partial charge in [0.15, 0.2) is 5.96 Å². The molecule has 0 fully saturated rings. The fourth-order valence-electron chi connectivity index (χ4n) is 2.26. The van der Waals surface area contributed by atoms with Crippen LogP contribution in [0.1, 0.15) is 18.1 Å². The van der Waals surface area contributed by atoms with Gasteiger partial charge >= 0.3 is 0 Å². The molecule has 2 aromatic rings. The van der Waals surface area contributed by atoms with Crippen molar-refractivity contribution >= 4 is 29.9 Å². The van der Waals surface area contributed by atoms with Gasteiger partial charge in [0.1, 0.15) is 0 Å². The van der Waals surface area contributed by atoms with Gasteiger partial charge in [-0.2, -0.15) is 5.10 Å². The van der Waals surface area contributed by atoms with E-state index in [1.54, 1.807) is 14.2 Å². The van der Waals surface area contributed by atoms with Gasteiger partial charge < -0.3 is 15.4 Å². The van der Waals surface area contributed by atoms with Crippen molar-refractivity contribution in [3.8, 4) is 0 Å². The Morgan fingerprint density at radius 2 is 2.04 bits per heavy atom. The fourth-order valence-corrected chi connectivity index (χ4v) is 2.26. The van der Waals surface area contributed by atoms with E-state index in [2.05, 4.69) is 32.9 Å². The standard InChI is InChI=1S/C17H25N5O.HI/c1-14(13-23-3)21-17(18-2)19-9-16-10-20-22(12-16)11-15-7-5-4-6-8-15;/h4-8,10,12,14H,9,11,13H2,1-3H3,(H2,18,19,21);1H. The molecule has 132 valence electrons. The second kappa shape index (κ2) is 11.0. The Hall–Kier alpha value is -1.61. The highest BCUT2D eigenvalue weighted by atomic mass is 127. The summed E-state index contributed by atoms with van der Waals surface area (Å²) < 4.78 is 7.05. The highest BCUT2D eigenvalue weighted by Gasteiger charge is 2.05. The summed E-state index contributed by atoms with van der Waals surface area (Å²) in [7, 11) is 3.45. The van der Waals surface area contributed by atoms with Gasteiger partial charge in [0.25, 0.3) is 0 Å². The molecule has 0 saturated heterocycles. The molecule has 2 rings (SSSR count). The van der Waals surface area contributed by atoms with Crippen LogP contribution in [0, 0.1) is 0 Å². The summed E-state index contributed by atoms with van der Waals surface area (Å²) in [5, 5.41) is 11.0. The predicted molar refractivity (Wildman–Crippen MR) is 108 cm³/mol. The second-order valence-corrected chi connectivity index (χ2v) is 5.46. The van der Waals surface area contributed by atoms with E-state index in [1.165, 1.54) is 5.56 Å². The van der Waals surface area contributed by atoms with E-state index in [-0.39, 0.29) is 30.0 Å². The van der Waals surface area contributed by atoms with Crippen LogP contribution in [-0.4, -0.2) is 42.5 Å². The van der Waals surface area contributed by atoms with Crippen LogP contribution < -0.4 is 10.6 Å². The third-order valence-corrected chi connectivity index (χ3v) is 3.36. The van der Waals surface area contributed by atoms with Gasteiger partial charge in [0.2, 0.25) is 0 Å². The molecule has 0 aliphatic rings. The number of methoxy groups -OCH3 is 1. The number of aromatic nitrogens is 2. The number of guanidine groups is 1. The Morgan fingerprint density at radius 3 is 2.71 bits per heavy atom. The normalized spacial score (nSPS) is 12.4. The van der Waals surface area contributed by atoms with Crippen LogP contribution in [-0.2, 0) is 17.8 Å². The van der Waals surface area contributed by atoms with E-state index in [0.29, 0.717) is 13.2 Å². The zero-order valence-electron chi connectivity index (χ0n) is 14.4. The minimum Gasteiger partial charge on any atom is -0.383 e. The molecule has 2 N–H and O–H groups in total. The van der Waals surface area contributed by atoms with E-state index in [0.717, 1.165) is 18.1 Å². The molecule has 1 unspecified atom stereocenters. The lowest BCUT2D eigenvalue weighted by Gasteiger charge is -2.16. The highest BCUT2D eigenvalue weighted by molar-refractivity contribution is 14.0. The average Bonchev–Trinajstić information content (AvgIpc) is 3.00. The number of nitrogens with zero attached hydrogens (tertiary/aromatic N) is 3. The number of halogens is 1. The maximum absolute atomic E-state index is 5.11. The molecule has 0 saturated carbocycles. The van der Waals surface area contributed by atoms with Crippen LogP contribution in [0.4, 0.5) is 0 Å². The molecule has 1 heterocycles. The molecular formula is C17H26IN5O. The Bertz CT molecular complexity index is 614. The van der Waals surface area contributed by atoms with Crippen molar-refractivity contribution in [3.63, 3.8) is 0 Å². The zero-order chi connectivity index (χ0) is 16.5. The number of nitrogens with one attached hydrogen (secondary N) is 2. The minimum atomic E-state index is 0. The van der Waals surface area contributed by atoms with E-state index < -0.39 is 0 Å². The molecule has 1 aromatic carbocycles.